The average Bonchev–Trinajstić information content (AvgIpc) is 3.44. The van der Waals surface area contributed by atoms with Crippen molar-refractivity contribution in [3.05, 3.63) is 11.6 Å². The van der Waals surface area contributed by atoms with E-state index in [-0.39, 0.29) is 28.3 Å². The summed E-state index contributed by atoms with van der Waals surface area (Å²) in [4.78, 5) is 23.3. The first-order valence-corrected chi connectivity index (χ1v) is 13.0. The van der Waals surface area contributed by atoms with Crippen LogP contribution in [0.3, 0.4) is 0 Å². The van der Waals surface area contributed by atoms with Gasteiger partial charge in [0.1, 0.15) is 6.10 Å². The summed E-state index contributed by atoms with van der Waals surface area (Å²) >= 11 is 0. The smallest absolute Gasteiger partial charge is 0.427 e. The van der Waals surface area contributed by atoms with Crippen molar-refractivity contribution in [1.29, 1.82) is 0 Å². The van der Waals surface area contributed by atoms with E-state index in [2.05, 4.69) is 37.4 Å². The summed E-state index contributed by atoms with van der Waals surface area (Å²) in [6.07, 6.45) is 11.3. The topological polar surface area (TPSA) is 77.0 Å². The van der Waals surface area contributed by atoms with Gasteiger partial charge >= 0.3 is 12.1 Å². The third-order valence-electron chi connectivity index (χ3n) is 10.7. The van der Waals surface area contributed by atoms with E-state index in [0.717, 1.165) is 43.2 Å². The van der Waals surface area contributed by atoms with Gasteiger partial charge in [-0.2, -0.15) is 5.10 Å². The van der Waals surface area contributed by atoms with Crippen LogP contribution in [-0.4, -0.2) is 30.5 Å². The molecule has 0 radical (unpaired) electrons. The molecular formula is C27H40N2O4. The molecule has 0 aromatic carbocycles. The molecule has 0 aliphatic heterocycles. The summed E-state index contributed by atoms with van der Waals surface area (Å²) in [6, 6.07) is 0. The molecule has 0 saturated heterocycles. The Hall–Kier alpha value is -1.85. The van der Waals surface area contributed by atoms with E-state index in [4.69, 9.17) is 9.47 Å². The molecule has 1 N–H and O–H groups in total. The Morgan fingerprint density at radius 3 is 2.70 bits per heavy atom. The summed E-state index contributed by atoms with van der Waals surface area (Å²) in [5, 5.41) is 4.53. The van der Waals surface area contributed by atoms with Crippen LogP contribution in [0.5, 0.6) is 0 Å². The molecule has 8 atom stereocenters. The summed E-state index contributed by atoms with van der Waals surface area (Å²) in [7, 11) is 0. The molecular weight excluding hydrogens is 416 g/mol. The molecule has 0 aromatic heterocycles. The summed E-state index contributed by atoms with van der Waals surface area (Å²) in [6.45, 7) is 10.8. The van der Waals surface area contributed by atoms with Crippen molar-refractivity contribution in [2.24, 2.45) is 45.0 Å². The van der Waals surface area contributed by atoms with E-state index in [1.807, 2.05) is 0 Å². The molecule has 0 heterocycles. The van der Waals surface area contributed by atoms with Crippen LogP contribution in [0.1, 0.15) is 86.0 Å². The lowest BCUT2D eigenvalue weighted by molar-refractivity contribution is -0.148. The number of fused-ring (bicyclic) bond motifs is 7. The fourth-order valence-electron chi connectivity index (χ4n) is 9.14. The first-order valence-electron chi connectivity index (χ1n) is 13.0. The van der Waals surface area contributed by atoms with E-state index < -0.39 is 6.09 Å². The van der Waals surface area contributed by atoms with Crippen LogP contribution in [-0.2, 0) is 14.3 Å². The quantitative estimate of drug-likeness (QED) is 0.258. The molecule has 0 unspecified atom stereocenters. The number of carbonyl (C=O) groups excluding carboxylic acids is 2. The van der Waals surface area contributed by atoms with E-state index in [1.165, 1.54) is 32.6 Å². The first kappa shape index (κ1) is 22.9. The fourth-order valence-corrected chi connectivity index (χ4v) is 9.14. The Labute approximate surface area is 197 Å². The van der Waals surface area contributed by atoms with E-state index in [1.54, 1.807) is 12.5 Å². The second kappa shape index (κ2) is 7.84. The van der Waals surface area contributed by atoms with Crippen molar-refractivity contribution in [3.8, 4) is 0 Å². The minimum Gasteiger partial charge on any atom is -0.462 e. The number of hydrogen-bond donors (Lipinski definition) is 1. The Kier molecular flexibility index (Phi) is 5.45. The van der Waals surface area contributed by atoms with Crippen molar-refractivity contribution < 1.29 is 19.1 Å². The number of ether oxygens (including phenoxy) is 2. The molecule has 5 rings (SSSR count). The van der Waals surface area contributed by atoms with Crippen LogP contribution in [0.15, 0.2) is 16.8 Å². The maximum Gasteiger partial charge on any atom is 0.427 e. The summed E-state index contributed by atoms with van der Waals surface area (Å²) < 4.78 is 10.6. The number of amides is 1. The van der Waals surface area contributed by atoms with Crippen LogP contribution < -0.4 is 5.43 Å². The van der Waals surface area contributed by atoms with Crippen molar-refractivity contribution in [1.82, 2.24) is 5.43 Å². The van der Waals surface area contributed by atoms with Gasteiger partial charge < -0.3 is 9.47 Å². The fraction of sp³-hybridized carbons (Fsp3) is 0.815. The summed E-state index contributed by atoms with van der Waals surface area (Å²) in [5.74, 6) is 2.69. The number of carbonyl (C=O) groups is 2. The average molecular weight is 457 g/mol. The Morgan fingerprint density at radius 2 is 1.97 bits per heavy atom. The number of allylic oxidation sites excluding steroid dienone is 1. The highest BCUT2D eigenvalue weighted by Gasteiger charge is 2.75. The molecule has 6 nitrogen and oxygen atoms in total. The van der Waals surface area contributed by atoms with E-state index >= 15 is 0 Å². The lowest BCUT2D eigenvalue weighted by Crippen LogP contribution is -2.52. The van der Waals surface area contributed by atoms with Gasteiger partial charge in [0, 0.05) is 24.5 Å². The SMILES string of the molecule is CCOC(=O)NN=C(C)[C@@]12C[C@@H]1C[C@H]1[C@@H]3CC=C4C[C@@H](OC(C)=O)CC[C@]4(C)[C@H]3CC[C@@]12C. The lowest BCUT2D eigenvalue weighted by atomic mass is 9.46. The molecule has 33 heavy (non-hydrogen) atoms. The molecule has 0 spiro atoms. The molecule has 4 fully saturated rings. The van der Waals surface area contributed by atoms with Crippen LogP contribution in [0.4, 0.5) is 4.79 Å². The molecule has 4 saturated carbocycles. The maximum atomic E-state index is 11.8. The van der Waals surface area contributed by atoms with Gasteiger partial charge in [-0.15, -0.1) is 0 Å². The van der Waals surface area contributed by atoms with Crippen LogP contribution in [0.2, 0.25) is 0 Å². The van der Waals surface area contributed by atoms with Gasteiger partial charge in [-0.05, 0) is 93.3 Å². The van der Waals surface area contributed by atoms with E-state index in [0.29, 0.717) is 18.4 Å². The van der Waals surface area contributed by atoms with Gasteiger partial charge in [-0.1, -0.05) is 25.5 Å². The van der Waals surface area contributed by atoms with Gasteiger partial charge in [-0.25, -0.2) is 10.2 Å². The van der Waals surface area contributed by atoms with E-state index in [9.17, 15) is 9.59 Å². The standard InChI is InChI=1S/C27H40N2O4/c1-6-32-24(31)29-28-16(2)27-15-19(27)14-23-21-8-7-18-13-20(33-17(3)30)9-11-25(18,4)22(21)10-12-26(23,27)5/h7,19-23H,6,8-15H2,1-5H3,(H,29,31)/t19-,20-,21+,22-,23-,25-,26-,27-/m0/s1. The van der Waals surface area contributed by atoms with Crippen molar-refractivity contribution in [2.75, 3.05) is 6.61 Å². The zero-order valence-electron chi connectivity index (χ0n) is 20.9. The summed E-state index contributed by atoms with van der Waals surface area (Å²) in [5.41, 5.74) is 5.89. The second-order valence-corrected chi connectivity index (χ2v) is 11.8. The second-order valence-electron chi connectivity index (χ2n) is 11.8. The Morgan fingerprint density at radius 1 is 1.18 bits per heavy atom. The van der Waals surface area contributed by atoms with Crippen molar-refractivity contribution in [3.63, 3.8) is 0 Å². The van der Waals surface area contributed by atoms with Gasteiger partial charge in [0.05, 0.1) is 6.61 Å². The largest absolute Gasteiger partial charge is 0.462 e. The number of nitrogens with zero attached hydrogens (tertiary/aromatic N) is 1. The molecule has 0 aromatic rings. The third-order valence-corrected chi connectivity index (χ3v) is 10.7. The molecule has 5 aliphatic rings. The molecule has 1 amide bonds. The maximum absolute atomic E-state index is 11.8. The van der Waals surface area contributed by atoms with Crippen molar-refractivity contribution in [2.45, 2.75) is 92.1 Å². The Bertz CT molecular complexity index is 912. The highest BCUT2D eigenvalue weighted by Crippen LogP contribution is 2.80. The van der Waals surface area contributed by atoms with Crippen molar-refractivity contribution >= 4 is 17.8 Å². The minimum absolute atomic E-state index is 0.0559. The Balaban J connectivity index is 1.36. The highest BCUT2D eigenvalue weighted by atomic mass is 16.6. The van der Waals surface area contributed by atoms with Crippen LogP contribution >= 0.6 is 0 Å². The highest BCUT2D eigenvalue weighted by molar-refractivity contribution is 5.93. The number of esters is 1. The molecule has 182 valence electrons. The van der Waals surface area contributed by atoms with Gasteiger partial charge in [0.2, 0.25) is 0 Å². The van der Waals surface area contributed by atoms with Gasteiger partial charge in [0.15, 0.2) is 0 Å². The minimum atomic E-state index is -0.462. The van der Waals surface area contributed by atoms with Gasteiger partial charge in [-0.3, -0.25) is 4.79 Å². The van der Waals surface area contributed by atoms with Gasteiger partial charge in [0.25, 0.3) is 0 Å². The number of hydrogen-bond acceptors (Lipinski definition) is 5. The predicted octanol–water partition coefficient (Wildman–Crippen LogP) is 5.62. The zero-order valence-corrected chi connectivity index (χ0v) is 20.9. The molecule has 5 aliphatic carbocycles. The number of hydrazone groups is 1. The zero-order chi connectivity index (χ0) is 23.6. The molecule has 0 bridgehead atoms. The third kappa shape index (κ3) is 3.30. The normalized spacial score (nSPS) is 45.5. The monoisotopic (exact) mass is 456 g/mol. The predicted molar refractivity (Wildman–Crippen MR) is 126 cm³/mol. The number of nitrogens with one attached hydrogen (secondary N) is 1. The van der Waals surface area contributed by atoms with Crippen LogP contribution in [0, 0.1) is 39.9 Å². The first-order chi connectivity index (χ1) is 15.7. The molecule has 6 heteroatoms. The number of rotatable bonds is 4. The lowest BCUT2D eigenvalue weighted by Gasteiger charge is -2.59. The van der Waals surface area contributed by atoms with Crippen LogP contribution in [0.25, 0.3) is 0 Å².